The van der Waals surface area contributed by atoms with Crippen molar-refractivity contribution in [3.05, 3.63) is 35.9 Å². The summed E-state index contributed by atoms with van der Waals surface area (Å²) in [5, 5.41) is 8.60. The molecule has 4 nitrogen and oxygen atoms in total. The van der Waals surface area contributed by atoms with Gasteiger partial charge in [0.15, 0.2) is 5.60 Å². The first kappa shape index (κ1) is 9.02. The van der Waals surface area contributed by atoms with Crippen molar-refractivity contribution in [2.45, 2.75) is 5.60 Å². The van der Waals surface area contributed by atoms with Crippen LogP contribution in [-0.2, 0) is 15.1 Å². The van der Waals surface area contributed by atoms with Crippen LogP contribution in [0.2, 0.25) is 0 Å². The Labute approximate surface area is 81.1 Å². The molecule has 1 fully saturated rings. The zero-order chi connectivity index (χ0) is 10.0. The van der Waals surface area contributed by atoms with Crippen molar-refractivity contribution in [2.75, 3.05) is 13.2 Å². The number of hydrogen-bond donors (Lipinski definition) is 1. The first-order valence-electron chi connectivity index (χ1n) is 4.28. The largest absolute Gasteiger partial charge is 0.506 e. The molecule has 0 amide bonds. The van der Waals surface area contributed by atoms with Crippen LogP contribution in [0.1, 0.15) is 5.56 Å². The molecule has 0 unspecified atom stereocenters. The van der Waals surface area contributed by atoms with E-state index in [0.29, 0.717) is 13.2 Å². The number of benzene rings is 1. The summed E-state index contributed by atoms with van der Waals surface area (Å²) in [6.07, 6.45) is -1.27. The second-order valence-electron chi connectivity index (χ2n) is 3.22. The predicted octanol–water partition coefficient (Wildman–Crippen LogP) is 1.61. The van der Waals surface area contributed by atoms with Gasteiger partial charge in [0.2, 0.25) is 0 Å². The third-order valence-corrected chi connectivity index (χ3v) is 2.25. The van der Waals surface area contributed by atoms with Crippen molar-refractivity contribution >= 4 is 6.16 Å². The van der Waals surface area contributed by atoms with Gasteiger partial charge in [0.25, 0.3) is 0 Å². The fraction of sp³-hybridized carbons (Fsp3) is 0.300. The monoisotopic (exact) mass is 194 g/mol. The summed E-state index contributed by atoms with van der Waals surface area (Å²) in [6, 6.07) is 9.25. The van der Waals surface area contributed by atoms with E-state index in [9.17, 15) is 4.79 Å². The van der Waals surface area contributed by atoms with E-state index in [-0.39, 0.29) is 0 Å². The van der Waals surface area contributed by atoms with E-state index in [1.807, 2.05) is 30.3 Å². The van der Waals surface area contributed by atoms with E-state index >= 15 is 0 Å². The van der Waals surface area contributed by atoms with Gasteiger partial charge in [-0.15, -0.1) is 0 Å². The molecule has 1 aromatic carbocycles. The highest BCUT2D eigenvalue weighted by molar-refractivity contribution is 5.58. The van der Waals surface area contributed by atoms with Crippen LogP contribution in [0.15, 0.2) is 30.3 Å². The van der Waals surface area contributed by atoms with Crippen molar-refractivity contribution in [1.82, 2.24) is 0 Å². The van der Waals surface area contributed by atoms with Gasteiger partial charge < -0.3 is 14.6 Å². The maximum Gasteiger partial charge on any atom is 0.506 e. The molecular formula is C10H10O4. The van der Waals surface area contributed by atoms with Crippen molar-refractivity contribution < 1.29 is 19.4 Å². The Morgan fingerprint density at radius 1 is 1.36 bits per heavy atom. The van der Waals surface area contributed by atoms with Gasteiger partial charge in [-0.25, -0.2) is 4.79 Å². The van der Waals surface area contributed by atoms with Crippen molar-refractivity contribution in [1.29, 1.82) is 0 Å². The minimum absolute atomic E-state index is 0.295. The summed E-state index contributed by atoms with van der Waals surface area (Å²) in [5.74, 6) is 0. The van der Waals surface area contributed by atoms with E-state index in [0.717, 1.165) is 5.56 Å². The van der Waals surface area contributed by atoms with E-state index in [1.165, 1.54) is 0 Å². The van der Waals surface area contributed by atoms with E-state index in [1.54, 1.807) is 0 Å². The second kappa shape index (κ2) is 3.31. The number of carbonyl (C=O) groups is 1. The quantitative estimate of drug-likeness (QED) is 0.726. The average molecular weight is 194 g/mol. The molecule has 1 aliphatic heterocycles. The molecule has 14 heavy (non-hydrogen) atoms. The molecule has 1 aliphatic rings. The van der Waals surface area contributed by atoms with Gasteiger partial charge in [-0.1, -0.05) is 30.3 Å². The Hall–Kier alpha value is -1.55. The number of rotatable bonds is 2. The molecule has 74 valence electrons. The predicted molar refractivity (Wildman–Crippen MR) is 48.0 cm³/mol. The molecule has 0 aliphatic carbocycles. The molecule has 1 N–H and O–H groups in total. The third kappa shape index (κ3) is 1.44. The van der Waals surface area contributed by atoms with Crippen LogP contribution in [0.5, 0.6) is 0 Å². The lowest BCUT2D eigenvalue weighted by atomic mass is 9.92. The zero-order valence-electron chi connectivity index (χ0n) is 7.47. The average Bonchev–Trinajstić information content (AvgIpc) is 2.12. The van der Waals surface area contributed by atoms with Crippen LogP contribution < -0.4 is 0 Å². The van der Waals surface area contributed by atoms with Crippen LogP contribution >= 0.6 is 0 Å². The van der Waals surface area contributed by atoms with Gasteiger partial charge >= 0.3 is 6.16 Å². The molecule has 0 spiro atoms. The highest BCUT2D eigenvalue weighted by Crippen LogP contribution is 2.33. The van der Waals surface area contributed by atoms with Gasteiger partial charge in [-0.05, 0) is 0 Å². The maximum atomic E-state index is 10.5. The molecule has 0 saturated carbocycles. The minimum Gasteiger partial charge on any atom is -0.450 e. The molecule has 1 saturated heterocycles. The van der Waals surface area contributed by atoms with Crippen molar-refractivity contribution in [3.63, 3.8) is 0 Å². The smallest absolute Gasteiger partial charge is 0.450 e. The fourth-order valence-electron chi connectivity index (χ4n) is 1.48. The van der Waals surface area contributed by atoms with Crippen molar-refractivity contribution in [3.8, 4) is 0 Å². The lowest BCUT2D eigenvalue weighted by molar-refractivity contribution is -0.192. The summed E-state index contributed by atoms with van der Waals surface area (Å²) < 4.78 is 9.86. The molecule has 0 aromatic heterocycles. The third-order valence-electron chi connectivity index (χ3n) is 2.25. The Kier molecular flexibility index (Phi) is 2.13. The minimum atomic E-state index is -1.27. The summed E-state index contributed by atoms with van der Waals surface area (Å²) >= 11 is 0. The van der Waals surface area contributed by atoms with Crippen LogP contribution in [0.3, 0.4) is 0 Å². The standard InChI is InChI=1S/C10H10O4/c11-9(12)14-10(6-13-7-10)8-4-2-1-3-5-8/h1-5H,6-7H2,(H,11,12). The first-order valence-corrected chi connectivity index (χ1v) is 4.28. The normalized spacial score (nSPS) is 18.3. The molecule has 1 aromatic rings. The Balaban J connectivity index is 2.25. The maximum absolute atomic E-state index is 10.5. The van der Waals surface area contributed by atoms with Gasteiger partial charge in [0.1, 0.15) is 0 Å². The molecule has 2 rings (SSSR count). The molecule has 0 atom stereocenters. The van der Waals surface area contributed by atoms with Crippen LogP contribution in [-0.4, -0.2) is 24.5 Å². The Morgan fingerprint density at radius 3 is 2.43 bits per heavy atom. The Morgan fingerprint density at radius 2 is 2.00 bits per heavy atom. The molecule has 0 bridgehead atoms. The summed E-state index contributed by atoms with van der Waals surface area (Å²) in [4.78, 5) is 10.5. The summed E-state index contributed by atoms with van der Waals surface area (Å²) in [7, 11) is 0. The van der Waals surface area contributed by atoms with Crippen LogP contribution in [0.4, 0.5) is 4.79 Å². The van der Waals surface area contributed by atoms with E-state index in [2.05, 4.69) is 0 Å². The van der Waals surface area contributed by atoms with E-state index < -0.39 is 11.8 Å². The number of ether oxygens (including phenoxy) is 2. The molecular weight excluding hydrogens is 184 g/mol. The van der Waals surface area contributed by atoms with Gasteiger partial charge in [0, 0.05) is 5.56 Å². The first-order chi connectivity index (χ1) is 6.73. The van der Waals surface area contributed by atoms with Gasteiger partial charge in [-0.2, -0.15) is 0 Å². The van der Waals surface area contributed by atoms with Gasteiger partial charge in [-0.3, -0.25) is 0 Å². The lowest BCUT2D eigenvalue weighted by Crippen LogP contribution is -2.50. The molecule has 0 radical (unpaired) electrons. The van der Waals surface area contributed by atoms with Crippen LogP contribution in [0.25, 0.3) is 0 Å². The highest BCUT2D eigenvalue weighted by Gasteiger charge is 2.44. The lowest BCUT2D eigenvalue weighted by Gasteiger charge is -2.39. The molecule has 1 heterocycles. The second-order valence-corrected chi connectivity index (χ2v) is 3.22. The highest BCUT2D eigenvalue weighted by atomic mass is 16.7. The zero-order valence-corrected chi connectivity index (χ0v) is 7.47. The Bertz CT molecular complexity index is 329. The summed E-state index contributed by atoms with van der Waals surface area (Å²) in [5.41, 5.74) is 0.0567. The van der Waals surface area contributed by atoms with Gasteiger partial charge in [0.05, 0.1) is 13.2 Å². The topological polar surface area (TPSA) is 55.8 Å². The van der Waals surface area contributed by atoms with E-state index in [4.69, 9.17) is 14.6 Å². The van der Waals surface area contributed by atoms with Crippen molar-refractivity contribution in [2.24, 2.45) is 0 Å². The SMILES string of the molecule is O=C(O)OC1(c2ccccc2)COC1. The fourth-order valence-corrected chi connectivity index (χ4v) is 1.48. The number of carboxylic acid groups (broad SMARTS) is 1. The van der Waals surface area contributed by atoms with Crippen LogP contribution in [0, 0.1) is 0 Å². The summed E-state index contributed by atoms with van der Waals surface area (Å²) in [6.45, 7) is 0.590. The number of hydrogen-bond acceptors (Lipinski definition) is 3. The molecule has 4 heteroatoms.